The van der Waals surface area contributed by atoms with Crippen molar-refractivity contribution in [3.05, 3.63) is 187 Å². The maximum absolute atomic E-state index is 7.12. The Morgan fingerprint density at radius 2 is 1.15 bits per heavy atom. The van der Waals surface area contributed by atoms with E-state index in [-0.39, 0.29) is 0 Å². The van der Waals surface area contributed by atoms with Gasteiger partial charge in [0.25, 0.3) is 0 Å². The number of hydrogen-bond donors (Lipinski definition) is 2. The molecule has 0 saturated heterocycles. The van der Waals surface area contributed by atoms with E-state index in [2.05, 4.69) is 150 Å². The van der Waals surface area contributed by atoms with Gasteiger partial charge in [-0.15, -0.1) is 0 Å². The first kappa shape index (κ1) is 38.8. The van der Waals surface area contributed by atoms with Crippen LogP contribution in [0.15, 0.2) is 173 Å². The first-order chi connectivity index (χ1) is 29.9. The summed E-state index contributed by atoms with van der Waals surface area (Å²) in [5, 5.41) is 7.55. The minimum Gasteiger partial charge on any atom is -0.456 e. The van der Waals surface area contributed by atoms with Crippen molar-refractivity contribution in [3.63, 3.8) is 0 Å². The van der Waals surface area contributed by atoms with Gasteiger partial charge in [-0.2, -0.15) is 0 Å². The molecule has 6 nitrogen and oxygen atoms in total. The molecule has 0 aliphatic carbocycles. The van der Waals surface area contributed by atoms with Crippen LogP contribution in [0.1, 0.15) is 43.3 Å². The lowest BCUT2D eigenvalue weighted by molar-refractivity contribution is 0.668. The number of benzene rings is 5. The molecule has 61 heavy (non-hydrogen) atoms. The summed E-state index contributed by atoms with van der Waals surface area (Å²) < 4.78 is 17.0. The monoisotopic (exact) mass is 796 g/mol. The van der Waals surface area contributed by atoms with E-state index in [4.69, 9.17) is 14.6 Å². The number of nitrogens with zero attached hydrogens (tertiary/aromatic N) is 2. The number of rotatable bonds is 6. The van der Waals surface area contributed by atoms with Crippen molar-refractivity contribution in [1.82, 2.24) is 14.1 Å². The lowest BCUT2D eigenvalue weighted by Crippen LogP contribution is -1.97. The third kappa shape index (κ3) is 6.63. The van der Waals surface area contributed by atoms with Gasteiger partial charge in [0.2, 0.25) is 0 Å². The predicted molar refractivity (Wildman–Crippen MR) is 262 cm³/mol. The largest absolute Gasteiger partial charge is 0.456 e. The predicted octanol–water partition coefficient (Wildman–Crippen LogP) is 15.5. The summed E-state index contributed by atoms with van der Waals surface area (Å²) in [6.07, 6.45) is 20.2. The average Bonchev–Trinajstić information content (AvgIpc) is 4.00. The molecule has 0 aliphatic heterocycles. The number of nitrogens with one attached hydrogen (secondary N) is 1. The van der Waals surface area contributed by atoms with Gasteiger partial charge in [0, 0.05) is 61.0 Å². The van der Waals surface area contributed by atoms with Crippen molar-refractivity contribution < 1.29 is 8.83 Å². The molecule has 0 aliphatic rings. The maximum Gasteiger partial charge on any atom is 0.135 e. The van der Waals surface area contributed by atoms with E-state index in [0.717, 1.165) is 105 Å². The minimum atomic E-state index is 0.700. The number of hydrogen-bond acceptors (Lipinski definition) is 3. The number of fused-ring (bicyclic) bond motifs is 10. The van der Waals surface area contributed by atoms with Gasteiger partial charge in [-0.25, -0.2) is 0 Å². The second kappa shape index (κ2) is 16.2. The smallest absolute Gasteiger partial charge is 0.135 e. The van der Waals surface area contributed by atoms with E-state index in [9.17, 15) is 0 Å². The molecule has 10 rings (SSSR count). The molecule has 0 atom stereocenters. The molecular formula is C55H48N4O2. The third-order valence-corrected chi connectivity index (χ3v) is 11.5. The number of anilines is 1. The van der Waals surface area contributed by atoms with Gasteiger partial charge in [-0.05, 0) is 119 Å². The number of nitrogen functional groups attached to an aromatic ring is 1. The van der Waals surface area contributed by atoms with Crippen LogP contribution in [0.2, 0.25) is 0 Å². The zero-order chi connectivity index (χ0) is 42.2. The molecule has 5 heterocycles. The molecule has 0 saturated carbocycles. The molecule has 0 radical (unpaired) electrons. The Morgan fingerprint density at radius 3 is 1.74 bits per heavy atom. The molecule has 6 heteroatoms. The second-order valence-electron chi connectivity index (χ2n) is 15.2. The average molecular weight is 797 g/mol. The van der Waals surface area contributed by atoms with E-state index in [1.165, 1.54) is 5.56 Å². The quantitative estimate of drug-likeness (QED) is 0.165. The fourth-order valence-corrected chi connectivity index (χ4v) is 8.64. The number of para-hydroxylation sites is 2. The first-order valence-corrected chi connectivity index (χ1v) is 20.7. The SMILES string of the molecule is C/C=C\C=C/c1c(C)c2c3[nH]cc4c(N)c(/C=C\C)n(-c5ccc6oc7ccccc7c6c5)c4ccc(C)c3ccc2n1-c1ccc2oc3ccccc3c2c1.C=C/C=C\C. The summed E-state index contributed by atoms with van der Waals surface area (Å²) in [5.41, 5.74) is 20.9. The molecule has 0 unspecified atom stereocenters. The highest BCUT2D eigenvalue weighted by Crippen LogP contribution is 2.39. The van der Waals surface area contributed by atoms with E-state index < -0.39 is 0 Å². The van der Waals surface area contributed by atoms with Crippen LogP contribution in [0.5, 0.6) is 0 Å². The minimum absolute atomic E-state index is 0.700. The molecule has 300 valence electrons. The highest BCUT2D eigenvalue weighted by Gasteiger charge is 2.20. The van der Waals surface area contributed by atoms with Crippen molar-refractivity contribution >= 4 is 94.4 Å². The molecule has 0 spiro atoms. The van der Waals surface area contributed by atoms with E-state index in [0.29, 0.717) is 5.69 Å². The van der Waals surface area contributed by atoms with Crippen molar-refractivity contribution in [2.45, 2.75) is 34.6 Å². The highest BCUT2D eigenvalue weighted by atomic mass is 16.3. The summed E-state index contributed by atoms with van der Waals surface area (Å²) in [5.74, 6) is 0. The Labute approximate surface area is 354 Å². The van der Waals surface area contributed by atoms with Crippen molar-refractivity contribution in [1.29, 1.82) is 0 Å². The molecule has 5 aromatic carbocycles. The first-order valence-electron chi connectivity index (χ1n) is 20.7. The zero-order valence-corrected chi connectivity index (χ0v) is 35.2. The van der Waals surface area contributed by atoms with Crippen LogP contribution in [-0.4, -0.2) is 14.1 Å². The number of H-pyrrole nitrogens is 1. The van der Waals surface area contributed by atoms with Gasteiger partial charge in [-0.1, -0.05) is 97.6 Å². The summed E-state index contributed by atoms with van der Waals surface area (Å²) >= 11 is 0. The van der Waals surface area contributed by atoms with Crippen molar-refractivity contribution in [2.24, 2.45) is 0 Å². The van der Waals surface area contributed by atoms with Crippen LogP contribution in [0.3, 0.4) is 0 Å². The van der Waals surface area contributed by atoms with E-state index in [1.54, 1.807) is 6.08 Å². The van der Waals surface area contributed by atoms with Gasteiger partial charge in [0.1, 0.15) is 22.3 Å². The molecule has 0 amide bonds. The van der Waals surface area contributed by atoms with Gasteiger partial charge < -0.3 is 28.7 Å². The molecule has 5 aromatic heterocycles. The van der Waals surface area contributed by atoms with Crippen molar-refractivity contribution in [3.8, 4) is 11.4 Å². The standard InChI is InChI=1S/C50H40N4O2.C5H8/c1-5-7-8-16-40-31(4)48-42(53(40)32-20-25-46-37(27-32)35-14-9-11-17-44(35)55-46)24-22-34-30(3)19-23-41-39(29-52-50(34)48)49(51)43(13-6-2)54(41)33-21-26-47-38(28-33)36-15-10-12-18-45(36)56-47;1-3-5-4-2/h5-29,52H,51H2,1-4H3;3-5H,1H2,2H3/b7-5-,13-6-,16-8-,30-19?,39-29?,41-23?;5-4-. The van der Waals surface area contributed by atoms with Crippen LogP contribution in [0.25, 0.3) is 100 Å². The number of nitrogens with two attached hydrogens (primary N) is 1. The third-order valence-electron chi connectivity index (χ3n) is 11.5. The van der Waals surface area contributed by atoms with Crippen LogP contribution < -0.4 is 5.73 Å². The van der Waals surface area contributed by atoms with Gasteiger partial charge in [0.05, 0.1) is 27.9 Å². The van der Waals surface area contributed by atoms with Crippen molar-refractivity contribution in [2.75, 3.05) is 5.73 Å². The number of aromatic amines is 1. The number of furan rings is 2. The van der Waals surface area contributed by atoms with Crippen LogP contribution in [-0.2, 0) is 0 Å². The summed E-state index contributed by atoms with van der Waals surface area (Å²) in [4.78, 5) is 3.82. The van der Waals surface area contributed by atoms with Gasteiger partial charge in [-0.3, -0.25) is 0 Å². The van der Waals surface area contributed by atoms with E-state index >= 15 is 0 Å². The van der Waals surface area contributed by atoms with Crippen LogP contribution in [0.4, 0.5) is 5.69 Å². The Kier molecular flexibility index (Phi) is 10.3. The van der Waals surface area contributed by atoms with Gasteiger partial charge >= 0.3 is 0 Å². The van der Waals surface area contributed by atoms with Crippen LogP contribution >= 0.6 is 0 Å². The Balaban J connectivity index is 0.000000902. The Hall–Kier alpha value is -7.70. The zero-order valence-electron chi connectivity index (χ0n) is 35.2. The van der Waals surface area contributed by atoms with E-state index in [1.807, 2.05) is 69.3 Å². The number of allylic oxidation sites excluding steroid dienone is 7. The highest BCUT2D eigenvalue weighted by molar-refractivity contribution is 6.11. The summed E-state index contributed by atoms with van der Waals surface area (Å²) in [6, 6.07) is 38.2. The van der Waals surface area contributed by atoms with Gasteiger partial charge in [0.15, 0.2) is 0 Å². The fraction of sp³-hybridized carbons (Fsp3) is 0.0909. The van der Waals surface area contributed by atoms with Crippen LogP contribution in [0, 0.1) is 13.8 Å². The number of aryl methyl sites for hydroxylation is 2. The maximum atomic E-state index is 7.12. The normalized spacial score (nSPS) is 12.2. The fourth-order valence-electron chi connectivity index (χ4n) is 8.64. The molecular weight excluding hydrogens is 749 g/mol. The lowest BCUT2D eigenvalue weighted by Gasteiger charge is -2.10. The molecule has 10 aromatic rings. The number of aromatic nitrogens is 3. The molecule has 0 fully saturated rings. The summed E-state index contributed by atoms with van der Waals surface area (Å²) in [6.45, 7) is 13.9. The Bertz CT molecular complexity index is 3510. The Morgan fingerprint density at radius 1 is 0.557 bits per heavy atom. The lowest BCUT2D eigenvalue weighted by atomic mass is 10.1. The molecule has 0 bridgehead atoms. The topological polar surface area (TPSA) is 78.0 Å². The molecule has 3 N–H and O–H groups in total. The second-order valence-corrected chi connectivity index (χ2v) is 15.2. The summed E-state index contributed by atoms with van der Waals surface area (Å²) in [7, 11) is 0.